The van der Waals surface area contributed by atoms with Crippen LogP contribution in [0.5, 0.6) is 0 Å². The number of carbonyl (C=O) groups excluding carboxylic acids is 1. The number of halogens is 1. The topological polar surface area (TPSA) is 86.7 Å². The van der Waals surface area contributed by atoms with Crippen LogP contribution in [0.3, 0.4) is 0 Å². The zero-order valence-corrected chi connectivity index (χ0v) is 11.9. The van der Waals surface area contributed by atoms with Crippen molar-refractivity contribution in [2.24, 2.45) is 5.92 Å². The van der Waals surface area contributed by atoms with Crippen LogP contribution in [0, 0.1) is 11.7 Å². The molecule has 1 aliphatic carbocycles. The maximum atomic E-state index is 13.0. The average molecular weight is 314 g/mol. The molecule has 1 amide bonds. The monoisotopic (exact) mass is 314 g/mol. The maximum Gasteiger partial charge on any atom is 0.262 e. The van der Waals surface area contributed by atoms with Gasteiger partial charge in [-0.25, -0.2) is 18.3 Å². The normalized spacial score (nSPS) is 28.8. The van der Waals surface area contributed by atoms with Gasteiger partial charge in [0, 0.05) is 6.04 Å². The number of carbonyl (C=O) groups is 1. The number of benzene rings is 1. The van der Waals surface area contributed by atoms with Crippen molar-refractivity contribution in [1.29, 1.82) is 0 Å². The third kappa shape index (κ3) is 2.23. The highest BCUT2D eigenvalue weighted by atomic mass is 32.2. The number of fused-ring (bicyclic) bond motifs is 2. The van der Waals surface area contributed by atoms with Crippen molar-refractivity contribution < 1.29 is 22.8 Å². The van der Waals surface area contributed by atoms with Crippen LogP contribution in [0.15, 0.2) is 29.2 Å². The van der Waals surface area contributed by atoms with Crippen LogP contribution < -0.4 is 5.48 Å². The molecule has 1 saturated heterocycles. The third-order valence-corrected chi connectivity index (χ3v) is 6.24. The molecule has 21 heavy (non-hydrogen) atoms. The molecule has 3 atom stereocenters. The van der Waals surface area contributed by atoms with Gasteiger partial charge in [-0.15, -0.1) is 0 Å². The molecule has 0 radical (unpaired) electrons. The first kappa shape index (κ1) is 14.4. The third-order valence-electron chi connectivity index (χ3n) is 4.29. The van der Waals surface area contributed by atoms with Gasteiger partial charge in [0.05, 0.1) is 4.90 Å². The van der Waals surface area contributed by atoms with E-state index < -0.39 is 27.8 Å². The van der Waals surface area contributed by atoms with E-state index in [2.05, 4.69) is 0 Å². The molecule has 3 rings (SSSR count). The summed E-state index contributed by atoms with van der Waals surface area (Å²) in [4.78, 5) is 11.8. The van der Waals surface area contributed by atoms with E-state index in [1.807, 2.05) is 0 Å². The minimum Gasteiger partial charge on any atom is -0.289 e. The minimum absolute atomic E-state index is 0.0489. The summed E-state index contributed by atoms with van der Waals surface area (Å²) in [5.41, 5.74) is 1.55. The molecule has 1 heterocycles. The van der Waals surface area contributed by atoms with Gasteiger partial charge < -0.3 is 0 Å². The number of rotatable bonds is 3. The second-order valence-corrected chi connectivity index (χ2v) is 7.28. The van der Waals surface area contributed by atoms with E-state index in [1.165, 1.54) is 16.4 Å². The fourth-order valence-electron chi connectivity index (χ4n) is 3.41. The number of hydroxylamine groups is 1. The number of nitrogens with one attached hydrogen (secondary N) is 1. The summed E-state index contributed by atoms with van der Waals surface area (Å²) in [6.45, 7) is 0. The van der Waals surface area contributed by atoms with E-state index in [-0.39, 0.29) is 16.9 Å². The van der Waals surface area contributed by atoms with Gasteiger partial charge in [0.25, 0.3) is 5.91 Å². The molecular formula is C13H15FN2O4S. The van der Waals surface area contributed by atoms with Gasteiger partial charge >= 0.3 is 0 Å². The first-order valence-corrected chi connectivity index (χ1v) is 8.12. The number of hydrogen-bond donors (Lipinski definition) is 2. The van der Waals surface area contributed by atoms with Crippen molar-refractivity contribution in [2.75, 3.05) is 0 Å². The van der Waals surface area contributed by atoms with Gasteiger partial charge in [-0.3, -0.25) is 10.0 Å². The Kier molecular flexibility index (Phi) is 3.46. The van der Waals surface area contributed by atoms with E-state index in [0.29, 0.717) is 12.8 Å². The van der Waals surface area contributed by atoms with Crippen molar-refractivity contribution in [3.05, 3.63) is 30.1 Å². The smallest absolute Gasteiger partial charge is 0.262 e. The lowest BCUT2D eigenvalue weighted by molar-refractivity contribution is -0.134. The summed E-state index contributed by atoms with van der Waals surface area (Å²) in [5.74, 6) is -1.33. The summed E-state index contributed by atoms with van der Waals surface area (Å²) in [6.07, 6.45) is 2.07. The van der Waals surface area contributed by atoms with Crippen molar-refractivity contribution in [1.82, 2.24) is 9.79 Å². The van der Waals surface area contributed by atoms with Crippen molar-refractivity contribution in [3.63, 3.8) is 0 Å². The van der Waals surface area contributed by atoms with Gasteiger partial charge in [-0.05, 0) is 49.4 Å². The summed E-state index contributed by atoms with van der Waals surface area (Å²) in [5, 5.41) is 8.84. The molecule has 0 aromatic heterocycles. The summed E-state index contributed by atoms with van der Waals surface area (Å²) >= 11 is 0. The SMILES string of the molecule is O=C(NO)[C@H]1C2CC[C@@H](C2)N1S(=O)(=O)c1ccc(F)cc1. The van der Waals surface area contributed by atoms with E-state index in [1.54, 1.807) is 5.48 Å². The average Bonchev–Trinajstić information content (AvgIpc) is 3.07. The van der Waals surface area contributed by atoms with Crippen LogP contribution in [0.1, 0.15) is 19.3 Å². The molecule has 1 aromatic carbocycles. The van der Waals surface area contributed by atoms with E-state index in [0.717, 1.165) is 18.6 Å². The highest BCUT2D eigenvalue weighted by molar-refractivity contribution is 7.89. The first-order chi connectivity index (χ1) is 9.95. The van der Waals surface area contributed by atoms with Crippen LogP contribution >= 0.6 is 0 Å². The molecule has 2 N–H and O–H groups in total. The Morgan fingerprint density at radius 3 is 2.57 bits per heavy atom. The molecule has 114 valence electrons. The standard InChI is InChI=1S/C13H15FN2O4S/c14-9-2-5-11(6-3-9)21(19,20)16-10-4-1-8(7-10)12(16)13(17)15-18/h2-3,5-6,8,10,12,18H,1,4,7H2,(H,15,17)/t8?,10-,12+/m0/s1. The van der Waals surface area contributed by atoms with Gasteiger partial charge in [0.2, 0.25) is 10.0 Å². The maximum absolute atomic E-state index is 13.0. The van der Waals surface area contributed by atoms with Crippen LogP contribution in [-0.4, -0.2) is 35.9 Å². The number of nitrogens with zero attached hydrogens (tertiary/aromatic N) is 1. The number of piperidine rings is 1. The summed E-state index contributed by atoms with van der Waals surface area (Å²) < 4.78 is 39.5. The van der Waals surface area contributed by atoms with Crippen LogP contribution in [0.2, 0.25) is 0 Å². The van der Waals surface area contributed by atoms with Crippen LogP contribution in [-0.2, 0) is 14.8 Å². The highest BCUT2D eigenvalue weighted by Gasteiger charge is 2.54. The molecule has 6 nitrogen and oxygen atoms in total. The lowest BCUT2D eigenvalue weighted by Crippen LogP contribution is -2.52. The Balaban J connectivity index is 2.00. The molecular weight excluding hydrogens is 299 g/mol. The predicted molar refractivity (Wildman–Crippen MR) is 70.3 cm³/mol. The highest BCUT2D eigenvalue weighted by Crippen LogP contribution is 2.45. The molecule has 8 heteroatoms. The van der Waals surface area contributed by atoms with Crippen molar-refractivity contribution >= 4 is 15.9 Å². The van der Waals surface area contributed by atoms with Gasteiger partial charge in [-0.2, -0.15) is 4.31 Å². The van der Waals surface area contributed by atoms with Gasteiger partial charge in [0.15, 0.2) is 0 Å². The van der Waals surface area contributed by atoms with E-state index in [9.17, 15) is 17.6 Å². The van der Waals surface area contributed by atoms with E-state index >= 15 is 0 Å². The zero-order chi connectivity index (χ0) is 15.2. The Bertz CT molecular complexity index is 661. The Hall–Kier alpha value is -1.51. The molecule has 0 spiro atoms. The predicted octanol–water partition coefficient (Wildman–Crippen LogP) is 0.873. The molecule has 1 aliphatic heterocycles. The minimum atomic E-state index is -3.90. The molecule has 2 bridgehead atoms. The van der Waals surface area contributed by atoms with Crippen LogP contribution in [0.25, 0.3) is 0 Å². The molecule has 1 aromatic rings. The second-order valence-electron chi connectivity index (χ2n) is 5.44. The quantitative estimate of drug-likeness (QED) is 0.640. The number of sulfonamides is 1. The van der Waals surface area contributed by atoms with Crippen LogP contribution in [0.4, 0.5) is 4.39 Å². The van der Waals surface area contributed by atoms with E-state index in [4.69, 9.17) is 5.21 Å². The van der Waals surface area contributed by atoms with Crippen molar-refractivity contribution in [2.45, 2.75) is 36.2 Å². The molecule has 1 saturated carbocycles. The second kappa shape index (κ2) is 5.04. The molecule has 1 unspecified atom stereocenters. The Labute approximate surface area is 121 Å². The largest absolute Gasteiger partial charge is 0.289 e. The molecule has 2 aliphatic rings. The number of hydrogen-bond acceptors (Lipinski definition) is 4. The fraction of sp³-hybridized carbons (Fsp3) is 0.462. The molecule has 2 fully saturated rings. The Morgan fingerprint density at radius 1 is 1.29 bits per heavy atom. The van der Waals surface area contributed by atoms with Crippen molar-refractivity contribution in [3.8, 4) is 0 Å². The van der Waals surface area contributed by atoms with Gasteiger partial charge in [-0.1, -0.05) is 0 Å². The summed E-state index contributed by atoms with van der Waals surface area (Å²) in [7, 11) is -3.90. The number of amides is 1. The fourth-order valence-corrected chi connectivity index (χ4v) is 5.29. The zero-order valence-electron chi connectivity index (χ0n) is 11.1. The Morgan fingerprint density at radius 2 is 1.95 bits per heavy atom. The van der Waals surface area contributed by atoms with Gasteiger partial charge in [0.1, 0.15) is 11.9 Å². The lowest BCUT2D eigenvalue weighted by atomic mass is 10.00. The lowest BCUT2D eigenvalue weighted by Gasteiger charge is -2.32. The summed E-state index contributed by atoms with van der Waals surface area (Å²) in [6, 6.07) is 3.37. The first-order valence-electron chi connectivity index (χ1n) is 6.68.